The average Bonchev–Trinajstić information content (AvgIpc) is 3.35. The van der Waals surface area contributed by atoms with Gasteiger partial charge in [0, 0.05) is 74.0 Å². The number of Topliss-reactive ketones (excluding diaryl/α,β-unsaturated/α-hetero) is 2. The Labute approximate surface area is 425 Å². The first kappa shape index (κ1) is 45.8. The predicted octanol–water partition coefficient (Wildman–Crippen LogP) is 8.73. The summed E-state index contributed by atoms with van der Waals surface area (Å²) in [5.41, 5.74) is 1.15. The quantitative estimate of drug-likeness (QED) is 0.102. The van der Waals surface area contributed by atoms with Gasteiger partial charge in [-0.25, -0.2) is 4.79 Å². The molecular formula is C54H86NO13P. The van der Waals surface area contributed by atoms with Gasteiger partial charge in [0.1, 0.15) is 30.1 Å². The van der Waals surface area contributed by atoms with E-state index in [0.29, 0.717) is 43.3 Å². The van der Waals surface area contributed by atoms with Crippen molar-refractivity contribution in [2.75, 3.05) is 41.1 Å². The smallest absolute Gasteiger partial charge is 0.329 e. The normalized spacial score (nSPS) is 42.2. The number of hydrogen-bond donors (Lipinski definition) is 2. The second-order valence-corrected chi connectivity index (χ2v) is 22.2. The Balaban J connectivity index is 1.79. The van der Waals surface area contributed by atoms with Crippen LogP contribution in [0, 0.1) is 35.5 Å². The van der Waals surface area contributed by atoms with Crippen LogP contribution in [-0.4, -0.2) is 134 Å². The third kappa shape index (κ3) is 16.2. The first-order valence-electron chi connectivity index (χ1n) is 29.1. The maximum atomic E-state index is 14.7. The Kier molecular flexibility index (Phi) is 17.6. The standard InChI is InChI=1S/C54H86NO13P/c1-33-19-15-14-16-20-34(2)46(63-9)31-42-24-22-39(7)54(61,67-42)51(58)52(59)55-26-18-17-21-43(55)53(60)66-47(37(5)29-41-23-25-45(48(30-41)64-10)68-69(12,13)62)32-44(56)36(4)28-38(6)49(57)50(65-11)40(8)35(3)27-33/h14-16,19-20,28,33,35-37,39,41-43,45-50,57,61H,8,17-18,21-27,29-32H2,1-7,9-13H3/b16-14+,19-15+,34-20+,38-28+/t33-,35-,36-,37-,39-,41+,42+,43+,45-,46+,47+,48-,49-,50+,54-/m1/s1/i4D3,9D3,12D3/t33-,35-,36-,37-,39-,41+,42+,43+,45-,46+,47+,48-,49-,50+,54-,69?. The zero-order valence-electron chi connectivity index (χ0n) is 51.2. The number of esters is 1. The lowest BCUT2D eigenvalue weighted by atomic mass is 9.78. The first-order chi connectivity index (χ1) is 36.0. The number of methoxy groups -OCH3 is 3. The number of hydrogen-bond acceptors (Lipinski definition) is 13. The fourth-order valence-corrected chi connectivity index (χ4v) is 11.0. The van der Waals surface area contributed by atoms with Crippen LogP contribution >= 0.6 is 7.37 Å². The van der Waals surface area contributed by atoms with Gasteiger partial charge in [-0.1, -0.05) is 77.6 Å². The molecule has 3 aliphatic heterocycles. The van der Waals surface area contributed by atoms with E-state index in [9.17, 15) is 34.0 Å². The van der Waals surface area contributed by atoms with Crippen LogP contribution in [0.15, 0.2) is 59.8 Å². The second-order valence-electron chi connectivity index (χ2n) is 20.3. The van der Waals surface area contributed by atoms with E-state index < -0.39 is 130 Å². The van der Waals surface area contributed by atoms with Crippen LogP contribution in [0.2, 0.25) is 0 Å². The van der Waals surface area contributed by atoms with E-state index in [-0.39, 0.29) is 68.4 Å². The molecule has 2 bridgehead atoms. The number of rotatable bonds is 8. The van der Waals surface area contributed by atoms with Crippen molar-refractivity contribution < 1.29 is 74.5 Å². The number of aliphatic hydroxyl groups is 2. The monoisotopic (exact) mass is 997 g/mol. The van der Waals surface area contributed by atoms with Gasteiger partial charge in [0.15, 0.2) is 7.37 Å². The third-order valence-corrected chi connectivity index (χ3v) is 15.3. The van der Waals surface area contributed by atoms with E-state index in [1.165, 1.54) is 27.2 Å². The fraction of sp³-hybridized carbons (Fsp3) is 0.741. The van der Waals surface area contributed by atoms with Gasteiger partial charge in [-0.2, -0.15) is 0 Å². The summed E-state index contributed by atoms with van der Waals surface area (Å²) in [4.78, 5) is 59.2. The van der Waals surface area contributed by atoms with E-state index in [1.54, 1.807) is 39.0 Å². The molecule has 0 spiro atoms. The summed E-state index contributed by atoms with van der Waals surface area (Å²) in [7, 11) is -4.09. The van der Waals surface area contributed by atoms with Crippen molar-refractivity contribution in [2.24, 2.45) is 35.5 Å². The molecule has 0 radical (unpaired) electrons. The average molecular weight is 997 g/mol. The predicted molar refractivity (Wildman–Crippen MR) is 268 cm³/mol. The Morgan fingerprint density at radius 1 is 0.957 bits per heavy atom. The number of aliphatic hydroxyl groups excluding tert-OH is 1. The van der Waals surface area contributed by atoms with Gasteiger partial charge in [-0.05, 0) is 118 Å². The third-order valence-electron chi connectivity index (χ3n) is 14.6. The maximum absolute atomic E-state index is 14.7. The van der Waals surface area contributed by atoms with E-state index in [1.807, 2.05) is 26.0 Å². The zero-order chi connectivity index (χ0) is 58.9. The number of allylic oxidation sites excluding steroid dienone is 6. The molecule has 15 heteroatoms. The van der Waals surface area contributed by atoms with E-state index in [2.05, 4.69) is 6.58 Å². The molecule has 69 heavy (non-hydrogen) atoms. The van der Waals surface area contributed by atoms with Crippen LogP contribution in [0.3, 0.4) is 0 Å². The molecule has 3 heterocycles. The highest BCUT2D eigenvalue weighted by atomic mass is 31.2. The van der Waals surface area contributed by atoms with Crippen LogP contribution in [-0.2, 0) is 52.0 Å². The van der Waals surface area contributed by atoms with Crippen molar-refractivity contribution in [3.8, 4) is 0 Å². The molecular weight excluding hydrogens is 902 g/mol. The minimum atomic E-state index is -4.07. The van der Waals surface area contributed by atoms with Gasteiger partial charge < -0.3 is 43.3 Å². The summed E-state index contributed by atoms with van der Waals surface area (Å²) < 4.78 is 121. The Bertz CT molecular complexity index is 2270. The summed E-state index contributed by atoms with van der Waals surface area (Å²) in [5, 5.41) is 23.8. The molecule has 4 rings (SSSR count). The highest BCUT2D eigenvalue weighted by Crippen LogP contribution is 2.45. The molecule has 390 valence electrons. The molecule has 0 aromatic heterocycles. The molecule has 0 aromatic carbocycles. The van der Waals surface area contributed by atoms with E-state index in [0.717, 1.165) is 11.6 Å². The fourth-order valence-electron chi connectivity index (χ4n) is 10.3. The van der Waals surface area contributed by atoms with Gasteiger partial charge in [-0.3, -0.25) is 18.9 Å². The largest absolute Gasteiger partial charge is 0.460 e. The van der Waals surface area contributed by atoms with Crippen molar-refractivity contribution in [2.45, 2.75) is 180 Å². The van der Waals surface area contributed by atoms with Crippen molar-refractivity contribution in [1.82, 2.24) is 4.90 Å². The van der Waals surface area contributed by atoms with Gasteiger partial charge in [0.2, 0.25) is 5.79 Å². The molecule has 1 saturated carbocycles. The number of ether oxygens (including phenoxy) is 5. The van der Waals surface area contributed by atoms with Crippen molar-refractivity contribution >= 4 is 30.8 Å². The highest BCUT2D eigenvalue weighted by molar-refractivity contribution is 7.57. The summed E-state index contributed by atoms with van der Waals surface area (Å²) in [6.45, 7) is 9.76. The number of carbonyl (C=O) groups is 4. The number of cyclic esters (lactones) is 1. The van der Waals surface area contributed by atoms with Crippen LogP contribution < -0.4 is 0 Å². The Morgan fingerprint density at radius 2 is 1.71 bits per heavy atom. The van der Waals surface area contributed by atoms with Crippen molar-refractivity contribution in [3.05, 3.63) is 59.8 Å². The van der Waals surface area contributed by atoms with Gasteiger partial charge in [-0.15, -0.1) is 0 Å². The molecule has 2 N–H and O–H groups in total. The second kappa shape index (κ2) is 26.6. The van der Waals surface area contributed by atoms with Gasteiger partial charge >= 0.3 is 5.97 Å². The first-order valence-corrected chi connectivity index (χ1v) is 26.7. The van der Waals surface area contributed by atoms with Gasteiger partial charge in [0.05, 0.1) is 28.5 Å². The summed E-state index contributed by atoms with van der Waals surface area (Å²) in [5.74, 6) is -10.9. The number of amides is 1. The van der Waals surface area contributed by atoms with E-state index in [4.69, 9.17) is 40.5 Å². The number of ketones is 2. The topological polar surface area (TPSA) is 184 Å². The molecule has 14 nitrogen and oxygen atoms in total. The molecule has 4 aliphatic rings. The minimum Gasteiger partial charge on any atom is -0.460 e. The lowest BCUT2D eigenvalue weighted by Crippen LogP contribution is -2.61. The number of nitrogens with zero attached hydrogens (tertiary/aromatic N) is 1. The van der Waals surface area contributed by atoms with Gasteiger partial charge in [0.25, 0.3) is 11.7 Å². The number of fused-ring (bicyclic) bond motifs is 3. The molecule has 2 saturated heterocycles. The Morgan fingerprint density at radius 3 is 2.39 bits per heavy atom. The van der Waals surface area contributed by atoms with E-state index >= 15 is 0 Å². The SMILES string of the molecule is [2H]C([2H])([2H])O[C@H]1C[C@@H]2CC[C@@H](C)[C@@](O)(O2)C(=O)C(=O)N2CCCC[C@H]2C(=O)O[C@H]([C@H](C)C[C@@H]2CC[C@@H](OP(C)(=O)C([2H])([2H])[2H])[C@H](OC)C2)CC(=O)[C@H](C([2H])([2H])[2H])/C=C(\C)[C@@H](O)[C@@H](OC)C(=C)[C@H](C)C[C@H](C)/C=C/C=C/C=C/1C. The van der Waals surface area contributed by atoms with Crippen LogP contribution in [0.5, 0.6) is 0 Å². The molecule has 0 aromatic rings. The number of piperidine rings is 1. The van der Waals surface area contributed by atoms with Crippen LogP contribution in [0.1, 0.15) is 138 Å². The lowest BCUT2D eigenvalue weighted by Gasteiger charge is -2.42. The molecule has 1 unspecified atom stereocenters. The lowest BCUT2D eigenvalue weighted by molar-refractivity contribution is -0.265. The minimum absolute atomic E-state index is 0.0162. The molecule has 1 amide bonds. The summed E-state index contributed by atoms with van der Waals surface area (Å²) >= 11 is 0. The Hall–Kier alpha value is -3.07. The molecule has 1 aliphatic carbocycles. The summed E-state index contributed by atoms with van der Waals surface area (Å²) in [6.07, 6.45) is 5.33. The van der Waals surface area contributed by atoms with Crippen LogP contribution in [0.25, 0.3) is 0 Å². The summed E-state index contributed by atoms with van der Waals surface area (Å²) in [6, 6.07) is -1.38. The molecule has 3 fully saturated rings. The zero-order valence-corrected chi connectivity index (χ0v) is 43.1. The van der Waals surface area contributed by atoms with Crippen LogP contribution in [0.4, 0.5) is 0 Å². The number of carbonyl (C=O) groups excluding carboxylic acids is 4. The van der Waals surface area contributed by atoms with Crippen molar-refractivity contribution in [3.63, 3.8) is 0 Å². The maximum Gasteiger partial charge on any atom is 0.329 e. The highest BCUT2D eigenvalue weighted by Gasteiger charge is 2.53. The van der Waals surface area contributed by atoms with Crippen molar-refractivity contribution in [1.29, 1.82) is 0 Å². The molecule has 16 atom stereocenters.